The van der Waals surface area contributed by atoms with Gasteiger partial charge in [0, 0.05) is 12.4 Å². The molecule has 2 N–H and O–H groups in total. The van der Waals surface area contributed by atoms with Gasteiger partial charge in [0.15, 0.2) is 0 Å². The third-order valence-electron chi connectivity index (χ3n) is 4.64. The van der Waals surface area contributed by atoms with Crippen molar-refractivity contribution in [3.8, 4) is 0 Å². The van der Waals surface area contributed by atoms with Crippen molar-refractivity contribution in [3.05, 3.63) is 66.0 Å². The van der Waals surface area contributed by atoms with E-state index in [2.05, 4.69) is 10.3 Å². The molecule has 0 aliphatic heterocycles. The summed E-state index contributed by atoms with van der Waals surface area (Å²) in [6.07, 6.45) is 4.13. The number of hydrogen-bond donors (Lipinski definition) is 2. The highest BCUT2D eigenvalue weighted by Crippen LogP contribution is 2.08. The Bertz CT molecular complexity index is 863. The summed E-state index contributed by atoms with van der Waals surface area (Å²) in [5.41, 5.74) is 1.78. The van der Waals surface area contributed by atoms with Gasteiger partial charge in [0.05, 0.1) is 12.6 Å². The molecule has 0 aliphatic rings. The number of aromatic nitrogens is 1. The molecule has 2 rings (SSSR count). The van der Waals surface area contributed by atoms with Crippen LogP contribution in [0.4, 0.5) is 0 Å². The van der Waals surface area contributed by atoms with Crippen LogP contribution < -0.4 is 5.32 Å². The van der Waals surface area contributed by atoms with Gasteiger partial charge in [-0.3, -0.25) is 29.9 Å². The predicted molar refractivity (Wildman–Crippen MR) is 115 cm³/mol. The van der Waals surface area contributed by atoms with Crippen molar-refractivity contribution in [1.29, 1.82) is 0 Å². The van der Waals surface area contributed by atoms with Gasteiger partial charge in [0.2, 0.25) is 0 Å². The van der Waals surface area contributed by atoms with Crippen LogP contribution in [0.5, 0.6) is 0 Å². The fourth-order valence-corrected chi connectivity index (χ4v) is 2.95. The van der Waals surface area contributed by atoms with E-state index >= 15 is 0 Å². The lowest BCUT2D eigenvalue weighted by Gasteiger charge is -2.24. The standard InChI is InChI=1S/C23H29N3O6/c1-3-31-23(29)20(10-9-18-7-5-4-6-8-18)25-17(2)22(28)26(30)15-21(27)32-16-19-11-13-24-14-12-19/h4-8,11-14,17,20,25,30H,3,9-10,15-16H2,1-2H3/t17-,20-/m0/s1. The summed E-state index contributed by atoms with van der Waals surface area (Å²) in [6.45, 7) is 2.78. The first-order valence-electron chi connectivity index (χ1n) is 10.4. The molecule has 0 bridgehead atoms. The number of pyridine rings is 1. The fourth-order valence-electron chi connectivity index (χ4n) is 2.95. The van der Waals surface area contributed by atoms with Crippen LogP contribution >= 0.6 is 0 Å². The van der Waals surface area contributed by atoms with Gasteiger partial charge in [-0.1, -0.05) is 30.3 Å². The van der Waals surface area contributed by atoms with E-state index in [9.17, 15) is 19.6 Å². The first-order valence-corrected chi connectivity index (χ1v) is 10.4. The van der Waals surface area contributed by atoms with Crippen LogP contribution in [0.1, 0.15) is 31.4 Å². The summed E-state index contributed by atoms with van der Waals surface area (Å²) < 4.78 is 10.2. The number of hydrogen-bond acceptors (Lipinski definition) is 8. The molecule has 1 amide bonds. The SMILES string of the molecule is CCOC(=O)[C@H](CCc1ccccc1)N[C@@H](C)C(=O)N(O)CC(=O)OCc1ccncc1. The largest absolute Gasteiger partial charge is 0.465 e. The van der Waals surface area contributed by atoms with Gasteiger partial charge >= 0.3 is 11.9 Å². The van der Waals surface area contributed by atoms with Gasteiger partial charge in [0.1, 0.15) is 19.2 Å². The molecule has 2 aromatic rings. The molecule has 1 aromatic heterocycles. The number of ether oxygens (including phenoxy) is 2. The Hall–Kier alpha value is -3.30. The molecule has 1 aromatic carbocycles. The number of hydroxylamine groups is 2. The minimum atomic E-state index is -0.932. The molecule has 1 heterocycles. The highest BCUT2D eigenvalue weighted by Gasteiger charge is 2.28. The highest BCUT2D eigenvalue weighted by atomic mass is 16.6. The lowest BCUT2D eigenvalue weighted by molar-refractivity contribution is -0.178. The fraction of sp³-hybridized carbons (Fsp3) is 0.391. The molecule has 32 heavy (non-hydrogen) atoms. The molecule has 0 aliphatic carbocycles. The second kappa shape index (κ2) is 13.2. The van der Waals surface area contributed by atoms with Crippen LogP contribution in [0.15, 0.2) is 54.9 Å². The summed E-state index contributed by atoms with van der Waals surface area (Å²) in [6, 6.07) is 11.3. The first-order chi connectivity index (χ1) is 15.4. The zero-order chi connectivity index (χ0) is 23.3. The van der Waals surface area contributed by atoms with Gasteiger partial charge in [-0.25, -0.2) is 5.06 Å². The van der Waals surface area contributed by atoms with Crippen molar-refractivity contribution in [2.45, 2.75) is 45.4 Å². The predicted octanol–water partition coefficient (Wildman–Crippen LogP) is 1.89. The molecule has 172 valence electrons. The zero-order valence-corrected chi connectivity index (χ0v) is 18.3. The molecule has 0 fully saturated rings. The van der Waals surface area contributed by atoms with E-state index in [0.717, 1.165) is 11.1 Å². The zero-order valence-electron chi connectivity index (χ0n) is 18.3. The maximum absolute atomic E-state index is 12.5. The third kappa shape index (κ3) is 8.44. The minimum absolute atomic E-state index is 0.00159. The Morgan fingerprint density at radius 1 is 1.06 bits per heavy atom. The number of benzene rings is 1. The second-order valence-electron chi connectivity index (χ2n) is 7.13. The van der Waals surface area contributed by atoms with Gasteiger partial charge in [0.25, 0.3) is 5.91 Å². The van der Waals surface area contributed by atoms with Crippen LogP contribution in [0, 0.1) is 0 Å². The van der Waals surface area contributed by atoms with Gasteiger partial charge in [-0.15, -0.1) is 0 Å². The molecule has 0 saturated heterocycles. The Balaban J connectivity index is 1.87. The summed E-state index contributed by atoms with van der Waals surface area (Å²) in [7, 11) is 0. The molecule has 2 atom stereocenters. The van der Waals surface area contributed by atoms with E-state index in [0.29, 0.717) is 12.8 Å². The number of carbonyl (C=O) groups excluding carboxylic acids is 3. The van der Waals surface area contributed by atoms with Crippen molar-refractivity contribution in [2.24, 2.45) is 0 Å². The quantitative estimate of drug-likeness (QED) is 0.290. The minimum Gasteiger partial charge on any atom is -0.465 e. The number of rotatable bonds is 12. The molecule has 9 nitrogen and oxygen atoms in total. The van der Waals surface area contributed by atoms with Crippen LogP contribution in [0.25, 0.3) is 0 Å². The average molecular weight is 444 g/mol. The molecule has 0 unspecified atom stereocenters. The average Bonchev–Trinajstić information content (AvgIpc) is 2.81. The Kier molecular flexibility index (Phi) is 10.3. The van der Waals surface area contributed by atoms with Crippen molar-refractivity contribution >= 4 is 17.8 Å². The van der Waals surface area contributed by atoms with Gasteiger partial charge in [-0.2, -0.15) is 0 Å². The Labute approximate surface area is 187 Å². The molecule has 9 heteroatoms. The summed E-state index contributed by atoms with van der Waals surface area (Å²) in [5, 5.41) is 13.2. The number of nitrogens with zero attached hydrogens (tertiary/aromatic N) is 2. The van der Waals surface area contributed by atoms with Crippen molar-refractivity contribution in [1.82, 2.24) is 15.4 Å². The van der Waals surface area contributed by atoms with E-state index < -0.39 is 36.5 Å². The lowest BCUT2D eigenvalue weighted by Crippen LogP contribution is -2.51. The number of aryl methyl sites for hydroxylation is 1. The van der Waals surface area contributed by atoms with Crippen molar-refractivity contribution < 1.29 is 29.1 Å². The van der Waals surface area contributed by atoms with Crippen molar-refractivity contribution in [3.63, 3.8) is 0 Å². The number of esters is 2. The van der Waals surface area contributed by atoms with E-state index in [-0.39, 0.29) is 18.3 Å². The topological polar surface area (TPSA) is 118 Å². The van der Waals surface area contributed by atoms with E-state index in [4.69, 9.17) is 9.47 Å². The van der Waals surface area contributed by atoms with Crippen LogP contribution in [0.2, 0.25) is 0 Å². The molecule has 0 spiro atoms. The summed E-state index contributed by atoms with van der Waals surface area (Å²) in [5.74, 6) is -2.01. The van der Waals surface area contributed by atoms with Crippen LogP contribution in [-0.4, -0.2) is 58.3 Å². The maximum Gasteiger partial charge on any atom is 0.328 e. The smallest absolute Gasteiger partial charge is 0.328 e. The van der Waals surface area contributed by atoms with E-state index in [1.165, 1.54) is 6.92 Å². The van der Waals surface area contributed by atoms with Crippen LogP contribution in [-0.2, 0) is 36.9 Å². The molecule has 0 saturated carbocycles. The molecular weight excluding hydrogens is 414 g/mol. The van der Waals surface area contributed by atoms with E-state index in [1.807, 2.05) is 30.3 Å². The third-order valence-corrected chi connectivity index (χ3v) is 4.64. The van der Waals surface area contributed by atoms with Gasteiger partial charge < -0.3 is 9.47 Å². The number of amides is 1. The Morgan fingerprint density at radius 3 is 2.41 bits per heavy atom. The Morgan fingerprint density at radius 2 is 1.75 bits per heavy atom. The monoisotopic (exact) mass is 443 g/mol. The maximum atomic E-state index is 12.5. The normalized spacial score (nSPS) is 12.5. The van der Waals surface area contributed by atoms with E-state index in [1.54, 1.807) is 31.5 Å². The lowest BCUT2D eigenvalue weighted by atomic mass is 10.0. The second-order valence-corrected chi connectivity index (χ2v) is 7.13. The van der Waals surface area contributed by atoms with Gasteiger partial charge in [-0.05, 0) is 49.9 Å². The van der Waals surface area contributed by atoms with Crippen molar-refractivity contribution in [2.75, 3.05) is 13.2 Å². The summed E-state index contributed by atoms with van der Waals surface area (Å²) >= 11 is 0. The molecular formula is C23H29N3O6. The summed E-state index contributed by atoms with van der Waals surface area (Å²) in [4.78, 5) is 40.6. The van der Waals surface area contributed by atoms with Crippen LogP contribution in [0.3, 0.4) is 0 Å². The molecule has 0 radical (unpaired) electrons. The highest BCUT2D eigenvalue weighted by molar-refractivity contribution is 5.85. The number of nitrogens with one attached hydrogen (secondary N) is 1. The first kappa shape index (κ1) is 25.0. The number of carbonyl (C=O) groups is 3.